The summed E-state index contributed by atoms with van der Waals surface area (Å²) in [6.45, 7) is 0. The van der Waals surface area contributed by atoms with Crippen molar-refractivity contribution in [2.45, 2.75) is 0 Å². The number of hydrogen-bond acceptors (Lipinski definition) is 3. The number of pyridine rings is 1. The summed E-state index contributed by atoms with van der Waals surface area (Å²) < 4.78 is 4.97. The van der Waals surface area contributed by atoms with Crippen molar-refractivity contribution in [3.8, 4) is 22.8 Å². The highest BCUT2D eigenvalue weighted by atomic mass is 35.5. The molecule has 0 spiro atoms. The number of phenolic OH excluding ortho intramolecular Hbond substituents is 1. The summed E-state index contributed by atoms with van der Waals surface area (Å²) in [5.41, 5.74) is 1.82. The van der Waals surface area contributed by atoms with Gasteiger partial charge in [-0.15, -0.1) is 0 Å². The number of ether oxygens (including phenoxy) is 1. The van der Waals surface area contributed by atoms with Gasteiger partial charge in [0.05, 0.1) is 12.1 Å². The van der Waals surface area contributed by atoms with Crippen LogP contribution in [0.4, 0.5) is 0 Å². The van der Waals surface area contributed by atoms with Crippen LogP contribution >= 0.6 is 11.6 Å². The van der Waals surface area contributed by atoms with Crippen LogP contribution in [0.15, 0.2) is 36.5 Å². The van der Waals surface area contributed by atoms with Crippen LogP contribution in [0.5, 0.6) is 11.6 Å². The predicted octanol–water partition coefficient (Wildman–Crippen LogP) is 3.12. The highest BCUT2D eigenvalue weighted by Crippen LogP contribution is 2.29. The second kappa shape index (κ2) is 4.41. The van der Waals surface area contributed by atoms with Crippen LogP contribution in [0.1, 0.15) is 0 Å². The Hall–Kier alpha value is -1.74. The van der Waals surface area contributed by atoms with E-state index in [0.717, 1.165) is 11.1 Å². The number of benzene rings is 1. The molecule has 0 aliphatic carbocycles. The Balaban J connectivity index is 2.38. The molecule has 0 fully saturated rings. The van der Waals surface area contributed by atoms with Crippen LogP contribution in [0, 0.1) is 0 Å². The van der Waals surface area contributed by atoms with E-state index >= 15 is 0 Å². The third-order valence-electron chi connectivity index (χ3n) is 2.23. The molecule has 1 N–H and O–H groups in total. The Morgan fingerprint density at radius 3 is 2.50 bits per heavy atom. The third-order valence-corrected chi connectivity index (χ3v) is 2.53. The van der Waals surface area contributed by atoms with Gasteiger partial charge in [-0.1, -0.05) is 17.7 Å². The van der Waals surface area contributed by atoms with Gasteiger partial charge in [-0.3, -0.25) is 0 Å². The van der Waals surface area contributed by atoms with Gasteiger partial charge < -0.3 is 9.84 Å². The summed E-state index contributed by atoms with van der Waals surface area (Å²) in [4.78, 5) is 4.10. The molecule has 3 nitrogen and oxygen atoms in total. The zero-order chi connectivity index (χ0) is 11.5. The van der Waals surface area contributed by atoms with Crippen LogP contribution in [-0.2, 0) is 0 Å². The zero-order valence-electron chi connectivity index (χ0n) is 8.64. The van der Waals surface area contributed by atoms with E-state index in [1.165, 1.54) is 0 Å². The van der Waals surface area contributed by atoms with Gasteiger partial charge in [-0.05, 0) is 23.8 Å². The van der Waals surface area contributed by atoms with Crippen molar-refractivity contribution in [3.63, 3.8) is 0 Å². The van der Waals surface area contributed by atoms with E-state index in [9.17, 15) is 5.11 Å². The van der Waals surface area contributed by atoms with E-state index < -0.39 is 0 Å². The third kappa shape index (κ3) is 2.09. The van der Waals surface area contributed by atoms with E-state index in [2.05, 4.69) is 4.98 Å². The number of hydrogen-bond donors (Lipinski definition) is 1. The number of methoxy groups -OCH3 is 1. The molecule has 0 amide bonds. The lowest BCUT2D eigenvalue weighted by Gasteiger charge is -2.04. The first kappa shape index (κ1) is 10.8. The van der Waals surface area contributed by atoms with Gasteiger partial charge in [0.2, 0.25) is 5.88 Å². The van der Waals surface area contributed by atoms with Crippen LogP contribution in [0.3, 0.4) is 0 Å². The van der Waals surface area contributed by atoms with Gasteiger partial charge in [-0.25, -0.2) is 4.98 Å². The second-order valence-electron chi connectivity index (χ2n) is 3.26. The van der Waals surface area contributed by atoms with Gasteiger partial charge in [0, 0.05) is 17.8 Å². The molecule has 16 heavy (non-hydrogen) atoms. The Morgan fingerprint density at radius 2 is 1.94 bits per heavy atom. The molecule has 4 heteroatoms. The summed E-state index contributed by atoms with van der Waals surface area (Å²) in [5.74, 6) is 0.639. The van der Waals surface area contributed by atoms with E-state index in [-0.39, 0.29) is 5.75 Å². The fourth-order valence-electron chi connectivity index (χ4n) is 1.36. The van der Waals surface area contributed by atoms with Crippen molar-refractivity contribution >= 4 is 11.6 Å². The molecule has 1 aromatic carbocycles. The highest BCUT2D eigenvalue weighted by molar-refractivity contribution is 6.32. The van der Waals surface area contributed by atoms with E-state index in [1.54, 1.807) is 37.6 Å². The molecule has 0 saturated heterocycles. The largest absolute Gasteiger partial charge is 0.506 e. The minimum Gasteiger partial charge on any atom is -0.506 e. The monoisotopic (exact) mass is 235 g/mol. The molecule has 0 atom stereocenters. The standard InChI is InChI=1S/C12H10ClNO2/c1-16-12-5-3-9(7-14-12)8-2-4-11(15)10(13)6-8/h2-7,15H,1H3. The SMILES string of the molecule is COc1ccc(-c2ccc(O)c(Cl)c2)cn1. The first-order valence-electron chi connectivity index (χ1n) is 4.69. The lowest BCUT2D eigenvalue weighted by atomic mass is 10.1. The molecular weight excluding hydrogens is 226 g/mol. The fourth-order valence-corrected chi connectivity index (χ4v) is 1.54. The van der Waals surface area contributed by atoms with Crippen LogP contribution < -0.4 is 4.74 Å². The Bertz CT molecular complexity index is 497. The summed E-state index contributed by atoms with van der Waals surface area (Å²) in [7, 11) is 1.57. The molecule has 1 heterocycles. The number of nitrogens with zero attached hydrogens (tertiary/aromatic N) is 1. The van der Waals surface area contributed by atoms with Gasteiger partial charge >= 0.3 is 0 Å². The van der Waals surface area contributed by atoms with E-state index in [1.807, 2.05) is 6.07 Å². The molecule has 1 aromatic heterocycles. The second-order valence-corrected chi connectivity index (χ2v) is 3.66. The van der Waals surface area contributed by atoms with Crippen LogP contribution in [0.25, 0.3) is 11.1 Å². The van der Waals surface area contributed by atoms with Gasteiger partial charge in [-0.2, -0.15) is 0 Å². The Kier molecular flexibility index (Phi) is 2.97. The Labute approximate surface area is 98.3 Å². The molecule has 0 aliphatic heterocycles. The summed E-state index contributed by atoms with van der Waals surface area (Å²) in [6, 6.07) is 8.69. The minimum absolute atomic E-state index is 0.0758. The van der Waals surface area contributed by atoms with Crippen LogP contribution in [0.2, 0.25) is 5.02 Å². The maximum absolute atomic E-state index is 9.31. The lowest BCUT2D eigenvalue weighted by molar-refractivity contribution is 0.398. The smallest absolute Gasteiger partial charge is 0.212 e. The molecule has 0 radical (unpaired) electrons. The molecule has 0 aliphatic rings. The maximum Gasteiger partial charge on any atom is 0.212 e. The number of aromatic hydroxyl groups is 1. The van der Waals surface area contributed by atoms with Gasteiger partial charge in [0.25, 0.3) is 0 Å². The lowest BCUT2D eigenvalue weighted by Crippen LogP contribution is -1.87. The maximum atomic E-state index is 9.31. The van der Waals surface area contributed by atoms with Gasteiger partial charge in [0.15, 0.2) is 0 Å². The Morgan fingerprint density at radius 1 is 1.19 bits per heavy atom. The normalized spacial score (nSPS) is 10.1. The molecule has 0 unspecified atom stereocenters. The topological polar surface area (TPSA) is 42.4 Å². The van der Waals surface area contributed by atoms with Gasteiger partial charge in [0.1, 0.15) is 5.75 Å². The zero-order valence-corrected chi connectivity index (χ0v) is 9.40. The number of phenols is 1. The predicted molar refractivity (Wildman–Crippen MR) is 62.9 cm³/mol. The fraction of sp³-hybridized carbons (Fsp3) is 0.0833. The molecule has 0 saturated carbocycles. The van der Waals surface area contributed by atoms with Crippen molar-refractivity contribution < 1.29 is 9.84 Å². The number of halogens is 1. The molecule has 2 aromatic rings. The average Bonchev–Trinajstić information content (AvgIpc) is 2.33. The minimum atomic E-state index is 0.0758. The summed E-state index contributed by atoms with van der Waals surface area (Å²) in [5, 5.41) is 9.63. The van der Waals surface area contributed by atoms with Crippen molar-refractivity contribution in [2.75, 3.05) is 7.11 Å². The average molecular weight is 236 g/mol. The molecular formula is C12H10ClNO2. The van der Waals surface area contributed by atoms with Crippen molar-refractivity contribution in [3.05, 3.63) is 41.6 Å². The summed E-state index contributed by atoms with van der Waals surface area (Å²) in [6.07, 6.45) is 1.70. The van der Waals surface area contributed by atoms with E-state index in [0.29, 0.717) is 10.9 Å². The van der Waals surface area contributed by atoms with Crippen molar-refractivity contribution in [2.24, 2.45) is 0 Å². The first-order chi connectivity index (χ1) is 7.70. The number of aromatic nitrogens is 1. The highest BCUT2D eigenvalue weighted by Gasteiger charge is 2.03. The number of rotatable bonds is 2. The quantitative estimate of drug-likeness (QED) is 0.870. The van der Waals surface area contributed by atoms with Crippen molar-refractivity contribution in [1.82, 2.24) is 4.98 Å². The summed E-state index contributed by atoms with van der Waals surface area (Å²) >= 11 is 5.83. The van der Waals surface area contributed by atoms with Crippen molar-refractivity contribution in [1.29, 1.82) is 0 Å². The molecule has 82 valence electrons. The molecule has 2 rings (SSSR count). The van der Waals surface area contributed by atoms with E-state index in [4.69, 9.17) is 16.3 Å². The molecule has 0 bridgehead atoms. The van der Waals surface area contributed by atoms with Crippen LogP contribution in [-0.4, -0.2) is 17.2 Å². The first-order valence-corrected chi connectivity index (χ1v) is 5.07.